The van der Waals surface area contributed by atoms with E-state index in [0.717, 1.165) is 56.1 Å². The van der Waals surface area contributed by atoms with E-state index >= 15 is 0 Å². The van der Waals surface area contributed by atoms with Gasteiger partial charge in [-0.2, -0.15) is 5.10 Å². The van der Waals surface area contributed by atoms with Crippen molar-refractivity contribution in [2.24, 2.45) is 7.05 Å². The van der Waals surface area contributed by atoms with Crippen molar-refractivity contribution in [1.29, 1.82) is 0 Å². The van der Waals surface area contributed by atoms with Crippen molar-refractivity contribution in [1.82, 2.24) is 25.0 Å². The topological polar surface area (TPSA) is 55.2 Å². The van der Waals surface area contributed by atoms with Crippen LogP contribution in [0.25, 0.3) is 11.0 Å². The monoisotopic (exact) mass is 303 g/mol. The molecule has 3 rings (SSSR count). The SMILES string of the molecule is Cc1nn(C)c2ncc(CN[C@H](C)CN3CCOCC3)cc12. The molecule has 22 heavy (non-hydrogen) atoms. The predicted molar refractivity (Wildman–Crippen MR) is 86.8 cm³/mol. The number of morpholine rings is 1. The standard InChI is InChI=1S/C16H25N5O/c1-12(11-21-4-6-22-7-5-21)17-9-14-8-15-13(2)19-20(3)16(15)18-10-14/h8,10,12,17H,4-7,9,11H2,1-3H3/t12-/m1/s1. The molecule has 0 aliphatic carbocycles. The second-order valence-electron chi connectivity index (χ2n) is 6.12. The van der Waals surface area contributed by atoms with Gasteiger partial charge in [0.1, 0.15) is 0 Å². The molecule has 0 bridgehead atoms. The van der Waals surface area contributed by atoms with Crippen LogP contribution in [0.15, 0.2) is 12.3 Å². The maximum Gasteiger partial charge on any atom is 0.157 e. The van der Waals surface area contributed by atoms with E-state index in [1.165, 1.54) is 5.56 Å². The molecule has 0 spiro atoms. The average molecular weight is 303 g/mol. The van der Waals surface area contributed by atoms with Gasteiger partial charge in [-0.05, 0) is 25.5 Å². The van der Waals surface area contributed by atoms with E-state index in [4.69, 9.17) is 4.74 Å². The highest BCUT2D eigenvalue weighted by Crippen LogP contribution is 2.16. The Bertz CT molecular complexity index is 633. The third-order valence-corrected chi connectivity index (χ3v) is 4.21. The summed E-state index contributed by atoms with van der Waals surface area (Å²) in [6, 6.07) is 2.64. The molecule has 1 fully saturated rings. The van der Waals surface area contributed by atoms with E-state index in [1.807, 2.05) is 24.9 Å². The lowest BCUT2D eigenvalue weighted by molar-refractivity contribution is 0.0343. The predicted octanol–water partition coefficient (Wildman–Crippen LogP) is 1.09. The van der Waals surface area contributed by atoms with Crippen molar-refractivity contribution < 1.29 is 4.74 Å². The van der Waals surface area contributed by atoms with E-state index in [0.29, 0.717) is 6.04 Å². The Kier molecular flexibility index (Phi) is 4.71. The molecule has 1 saturated heterocycles. The number of fused-ring (bicyclic) bond motifs is 1. The van der Waals surface area contributed by atoms with E-state index in [9.17, 15) is 0 Å². The number of ether oxygens (including phenoxy) is 1. The van der Waals surface area contributed by atoms with Gasteiger partial charge in [-0.1, -0.05) is 0 Å². The first kappa shape index (κ1) is 15.4. The molecule has 6 heteroatoms. The normalized spacial score (nSPS) is 18.0. The quantitative estimate of drug-likeness (QED) is 0.896. The second kappa shape index (κ2) is 6.73. The molecule has 0 unspecified atom stereocenters. The maximum absolute atomic E-state index is 5.39. The van der Waals surface area contributed by atoms with Gasteiger partial charge < -0.3 is 10.1 Å². The van der Waals surface area contributed by atoms with Crippen molar-refractivity contribution in [3.05, 3.63) is 23.5 Å². The first-order valence-electron chi connectivity index (χ1n) is 7.95. The zero-order valence-electron chi connectivity index (χ0n) is 13.7. The maximum atomic E-state index is 5.39. The Balaban J connectivity index is 1.57. The molecule has 0 radical (unpaired) electrons. The second-order valence-corrected chi connectivity index (χ2v) is 6.12. The number of aromatic nitrogens is 3. The highest BCUT2D eigenvalue weighted by Gasteiger charge is 2.13. The van der Waals surface area contributed by atoms with Crippen LogP contribution in [0.5, 0.6) is 0 Å². The smallest absolute Gasteiger partial charge is 0.157 e. The first-order valence-corrected chi connectivity index (χ1v) is 7.95. The molecular formula is C16H25N5O. The van der Waals surface area contributed by atoms with Gasteiger partial charge in [-0.15, -0.1) is 0 Å². The molecule has 2 aromatic heterocycles. The molecule has 120 valence electrons. The van der Waals surface area contributed by atoms with Crippen molar-refractivity contribution in [2.75, 3.05) is 32.8 Å². The van der Waals surface area contributed by atoms with Crippen molar-refractivity contribution in [2.45, 2.75) is 26.4 Å². The summed E-state index contributed by atoms with van der Waals surface area (Å²) in [7, 11) is 1.94. The van der Waals surface area contributed by atoms with Crippen LogP contribution in [0.1, 0.15) is 18.2 Å². The summed E-state index contributed by atoms with van der Waals surface area (Å²) in [6.45, 7) is 9.94. The summed E-state index contributed by atoms with van der Waals surface area (Å²) in [5, 5.41) is 9.15. The van der Waals surface area contributed by atoms with Gasteiger partial charge >= 0.3 is 0 Å². The van der Waals surface area contributed by atoms with Crippen LogP contribution >= 0.6 is 0 Å². The molecule has 2 aromatic rings. The van der Waals surface area contributed by atoms with Gasteiger partial charge in [0.15, 0.2) is 5.65 Å². The first-order chi connectivity index (χ1) is 10.6. The van der Waals surface area contributed by atoms with E-state index < -0.39 is 0 Å². The lowest BCUT2D eigenvalue weighted by Gasteiger charge is -2.29. The summed E-state index contributed by atoms with van der Waals surface area (Å²) in [4.78, 5) is 6.98. The minimum absolute atomic E-state index is 0.448. The van der Waals surface area contributed by atoms with Gasteiger partial charge in [0.25, 0.3) is 0 Å². The fourth-order valence-corrected chi connectivity index (χ4v) is 2.98. The number of nitrogens with one attached hydrogen (secondary N) is 1. The van der Waals surface area contributed by atoms with Crippen LogP contribution in [-0.2, 0) is 18.3 Å². The lowest BCUT2D eigenvalue weighted by atomic mass is 10.2. The summed E-state index contributed by atoms with van der Waals surface area (Å²) in [5.74, 6) is 0. The fraction of sp³-hybridized carbons (Fsp3) is 0.625. The van der Waals surface area contributed by atoms with Crippen LogP contribution in [0.4, 0.5) is 0 Å². The van der Waals surface area contributed by atoms with Crippen LogP contribution in [0.3, 0.4) is 0 Å². The van der Waals surface area contributed by atoms with Gasteiger partial charge in [-0.3, -0.25) is 9.58 Å². The van der Waals surface area contributed by atoms with Gasteiger partial charge in [-0.25, -0.2) is 4.98 Å². The van der Waals surface area contributed by atoms with E-state index in [2.05, 4.69) is 33.3 Å². The number of rotatable bonds is 5. The third kappa shape index (κ3) is 3.45. The number of hydrogen-bond acceptors (Lipinski definition) is 5. The van der Waals surface area contributed by atoms with E-state index in [1.54, 1.807) is 0 Å². The Morgan fingerprint density at radius 2 is 2.14 bits per heavy atom. The number of nitrogens with zero attached hydrogens (tertiary/aromatic N) is 4. The molecule has 0 aromatic carbocycles. The molecule has 1 aliphatic heterocycles. The Morgan fingerprint density at radius 1 is 1.36 bits per heavy atom. The highest BCUT2D eigenvalue weighted by atomic mass is 16.5. The Labute approximate surface area is 131 Å². The zero-order valence-corrected chi connectivity index (χ0v) is 13.7. The molecule has 1 atom stereocenters. The molecule has 0 saturated carbocycles. The Hall–Kier alpha value is -1.50. The van der Waals surface area contributed by atoms with Crippen LogP contribution in [-0.4, -0.2) is 58.6 Å². The average Bonchev–Trinajstić information content (AvgIpc) is 2.81. The van der Waals surface area contributed by atoms with Crippen LogP contribution < -0.4 is 5.32 Å². The molecule has 3 heterocycles. The lowest BCUT2D eigenvalue weighted by Crippen LogP contribution is -2.44. The molecular weight excluding hydrogens is 278 g/mol. The molecule has 1 aliphatic rings. The van der Waals surface area contributed by atoms with Crippen LogP contribution in [0.2, 0.25) is 0 Å². The number of pyridine rings is 1. The molecule has 1 N–H and O–H groups in total. The zero-order chi connectivity index (χ0) is 15.5. The van der Waals surface area contributed by atoms with Crippen molar-refractivity contribution >= 4 is 11.0 Å². The molecule has 6 nitrogen and oxygen atoms in total. The fourth-order valence-electron chi connectivity index (χ4n) is 2.98. The molecule has 0 amide bonds. The summed E-state index contributed by atoms with van der Waals surface area (Å²) in [5.41, 5.74) is 3.19. The van der Waals surface area contributed by atoms with Gasteiger partial charge in [0, 0.05) is 50.9 Å². The Morgan fingerprint density at radius 3 is 2.91 bits per heavy atom. The van der Waals surface area contributed by atoms with Gasteiger partial charge in [0.05, 0.1) is 18.9 Å². The summed E-state index contributed by atoms with van der Waals surface area (Å²) >= 11 is 0. The summed E-state index contributed by atoms with van der Waals surface area (Å²) < 4.78 is 7.22. The van der Waals surface area contributed by atoms with Crippen molar-refractivity contribution in [3.8, 4) is 0 Å². The highest BCUT2D eigenvalue weighted by molar-refractivity contribution is 5.78. The summed E-state index contributed by atoms with van der Waals surface area (Å²) in [6.07, 6.45) is 1.94. The third-order valence-electron chi connectivity index (χ3n) is 4.21. The number of hydrogen-bond donors (Lipinski definition) is 1. The van der Waals surface area contributed by atoms with Crippen molar-refractivity contribution in [3.63, 3.8) is 0 Å². The largest absolute Gasteiger partial charge is 0.379 e. The minimum atomic E-state index is 0.448. The van der Waals surface area contributed by atoms with Gasteiger partial charge in [0.2, 0.25) is 0 Å². The number of aryl methyl sites for hydroxylation is 2. The van der Waals surface area contributed by atoms with Crippen LogP contribution in [0, 0.1) is 6.92 Å². The minimum Gasteiger partial charge on any atom is -0.379 e. The van der Waals surface area contributed by atoms with E-state index in [-0.39, 0.29) is 0 Å².